The first-order valence-electron chi connectivity index (χ1n) is 20.7. The highest BCUT2D eigenvalue weighted by Gasteiger charge is 2.48. The normalized spacial score (nSPS) is 15.0. The fourth-order valence-electron chi connectivity index (χ4n) is 10.6. The molecular weight excluding hydrogens is 745 g/mol. The Balaban J connectivity index is 1.05. The Hall–Kier alpha value is -7.33. The van der Waals surface area contributed by atoms with Crippen molar-refractivity contribution in [2.75, 3.05) is 4.90 Å². The Labute approximate surface area is 352 Å². The molecule has 0 N–H and O–H groups in total. The number of para-hydroxylation sites is 2. The fourth-order valence-corrected chi connectivity index (χ4v) is 11.8. The van der Waals surface area contributed by atoms with E-state index in [0.717, 1.165) is 17.1 Å². The Bertz CT molecular complexity index is 3540. The van der Waals surface area contributed by atoms with Crippen molar-refractivity contribution < 1.29 is 0 Å². The van der Waals surface area contributed by atoms with E-state index in [1.165, 1.54) is 92.2 Å². The molecule has 1 aliphatic carbocycles. The van der Waals surface area contributed by atoms with Gasteiger partial charge in [-0.25, -0.2) is 0 Å². The predicted octanol–water partition coefficient (Wildman–Crippen LogP) is 15.4. The van der Waals surface area contributed by atoms with Crippen LogP contribution in [0.1, 0.15) is 22.3 Å². The van der Waals surface area contributed by atoms with Gasteiger partial charge in [-0.15, -0.1) is 0 Å². The van der Waals surface area contributed by atoms with Gasteiger partial charge in [-0.2, -0.15) is 0 Å². The molecule has 280 valence electrons. The monoisotopic (exact) mass is 780 g/mol. The molecule has 3 heteroatoms. The lowest BCUT2D eigenvalue weighted by atomic mass is 9.59. The minimum Gasteiger partial charge on any atom is -0.310 e. The molecule has 11 aromatic rings. The lowest BCUT2D eigenvalue weighted by molar-refractivity contribution is 0.707. The van der Waals surface area contributed by atoms with Crippen molar-refractivity contribution in [3.63, 3.8) is 0 Å². The van der Waals surface area contributed by atoms with E-state index in [9.17, 15) is 0 Å². The first-order valence-corrected chi connectivity index (χ1v) is 21.5. The SMILES string of the molecule is c1ccc(N(c2ccc3c(c2)Sc2ccccc2C32c3ccccc3-c3cccc4cccc2c34)c2ccc3c(c2)c2ccccc2n3-c2cccc3ccccc23)cc1. The minimum atomic E-state index is -0.486. The maximum atomic E-state index is 2.44. The molecule has 10 aromatic carbocycles. The molecule has 1 spiro atoms. The second-order valence-electron chi connectivity index (χ2n) is 16.0. The van der Waals surface area contributed by atoms with Crippen molar-refractivity contribution in [1.82, 2.24) is 4.57 Å². The molecule has 1 atom stereocenters. The number of anilines is 3. The second-order valence-corrected chi connectivity index (χ2v) is 17.1. The Morgan fingerprint density at radius 3 is 1.90 bits per heavy atom. The zero-order valence-corrected chi connectivity index (χ0v) is 33.4. The van der Waals surface area contributed by atoms with Gasteiger partial charge in [0.15, 0.2) is 0 Å². The largest absolute Gasteiger partial charge is 0.310 e. The molecule has 2 heterocycles. The van der Waals surface area contributed by atoms with Gasteiger partial charge in [0.05, 0.1) is 22.1 Å². The molecule has 0 saturated carbocycles. The summed E-state index contributed by atoms with van der Waals surface area (Å²) in [5, 5.41) is 7.56. The molecule has 0 fully saturated rings. The van der Waals surface area contributed by atoms with E-state index < -0.39 is 5.41 Å². The summed E-state index contributed by atoms with van der Waals surface area (Å²) in [6.07, 6.45) is 0. The van der Waals surface area contributed by atoms with E-state index in [4.69, 9.17) is 0 Å². The number of nitrogens with zero attached hydrogens (tertiary/aromatic N) is 2. The topological polar surface area (TPSA) is 8.17 Å². The third-order valence-corrected chi connectivity index (χ3v) is 14.1. The maximum Gasteiger partial charge on any atom is 0.0735 e. The van der Waals surface area contributed by atoms with E-state index >= 15 is 0 Å². The van der Waals surface area contributed by atoms with Crippen molar-refractivity contribution in [3.05, 3.63) is 241 Å². The van der Waals surface area contributed by atoms with Crippen LogP contribution in [0, 0.1) is 0 Å². The van der Waals surface area contributed by atoms with Crippen LogP contribution < -0.4 is 4.90 Å². The van der Waals surface area contributed by atoms with E-state index in [0.29, 0.717) is 0 Å². The molecule has 1 aliphatic heterocycles. The van der Waals surface area contributed by atoms with Gasteiger partial charge in [-0.1, -0.05) is 169 Å². The van der Waals surface area contributed by atoms with Gasteiger partial charge >= 0.3 is 0 Å². The Morgan fingerprint density at radius 1 is 0.367 bits per heavy atom. The average Bonchev–Trinajstić information content (AvgIpc) is 3.64. The van der Waals surface area contributed by atoms with Crippen LogP contribution in [0.5, 0.6) is 0 Å². The van der Waals surface area contributed by atoms with Gasteiger partial charge in [0.25, 0.3) is 0 Å². The van der Waals surface area contributed by atoms with Gasteiger partial charge in [-0.05, 0) is 110 Å². The van der Waals surface area contributed by atoms with E-state index in [1.54, 1.807) is 0 Å². The van der Waals surface area contributed by atoms with Gasteiger partial charge in [-0.3, -0.25) is 0 Å². The summed E-state index contributed by atoms with van der Waals surface area (Å²) in [4.78, 5) is 5.00. The number of benzene rings is 10. The molecule has 0 amide bonds. The minimum absolute atomic E-state index is 0.486. The summed E-state index contributed by atoms with van der Waals surface area (Å²) in [6.45, 7) is 0. The number of aromatic nitrogens is 1. The lowest BCUT2D eigenvalue weighted by Gasteiger charge is -2.46. The van der Waals surface area contributed by atoms with Crippen LogP contribution in [-0.4, -0.2) is 4.57 Å². The Morgan fingerprint density at radius 2 is 0.983 bits per heavy atom. The summed E-state index contributed by atoms with van der Waals surface area (Å²) >= 11 is 1.89. The van der Waals surface area contributed by atoms with Crippen molar-refractivity contribution in [2.24, 2.45) is 0 Å². The highest BCUT2D eigenvalue weighted by Crippen LogP contribution is 2.61. The molecule has 2 nitrogen and oxygen atoms in total. The van der Waals surface area contributed by atoms with Crippen LogP contribution >= 0.6 is 11.8 Å². The van der Waals surface area contributed by atoms with E-state index in [2.05, 4.69) is 228 Å². The van der Waals surface area contributed by atoms with Gasteiger partial charge < -0.3 is 9.47 Å². The van der Waals surface area contributed by atoms with Gasteiger partial charge in [0, 0.05) is 43.0 Å². The zero-order chi connectivity index (χ0) is 39.4. The molecule has 0 saturated heterocycles. The molecule has 0 radical (unpaired) electrons. The summed E-state index contributed by atoms with van der Waals surface area (Å²) in [7, 11) is 0. The molecule has 13 rings (SSSR count). The molecule has 2 aliphatic rings. The molecule has 1 aromatic heterocycles. The third-order valence-electron chi connectivity index (χ3n) is 13.0. The van der Waals surface area contributed by atoms with Crippen molar-refractivity contribution in [1.29, 1.82) is 0 Å². The summed E-state index contributed by atoms with van der Waals surface area (Å²) in [6, 6.07) is 81.1. The fraction of sp³-hybridized carbons (Fsp3) is 0.0175. The van der Waals surface area contributed by atoms with Crippen LogP contribution in [0.3, 0.4) is 0 Å². The number of hydrogen-bond donors (Lipinski definition) is 0. The van der Waals surface area contributed by atoms with E-state index in [1.807, 2.05) is 11.8 Å². The first-order chi connectivity index (χ1) is 29.8. The Kier molecular flexibility index (Phi) is 7.19. The molecule has 0 bridgehead atoms. The van der Waals surface area contributed by atoms with Gasteiger partial charge in [0.2, 0.25) is 0 Å². The summed E-state index contributed by atoms with van der Waals surface area (Å²) in [5.41, 5.74) is 14.4. The van der Waals surface area contributed by atoms with Crippen LogP contribution in [-0.2, 0) is 5.41 Å². The van der Waals surface area contributed by atoms with Crippen LogP contribution in [0.2, 0.25) is 0 Å². The predicted molar refractivity (Wildman–Crippen MR) is 252 cm³/mol. The van der Waals surface area contributed by atoms with Gasteiger partial charge in [0.1, 0.15) is 0 Å². The lowest BCUT2D eigenvalue weighted by Crippen LogP contribution is -2.36. The first kappa shape index (κ1) is 33.6. The van der Waals surface area contributed by atoms with Crippen LogP contribution in [0.15, 0.2) is 228 Å². The van der Waals surface area contributed by atoms with Crippen LogP contribution in [0.4, 0.5) is 17.1 Å². The molecular formula is C57H36N2S. The van der Waals surface area contributed by atoms with Crippen LogP contribution in [0.25, 0.3) is 60.2 Å². The highest BCUT2D eigenvalue weighted by molar-refractivity contribution is 7.99. The summed E-state index contributed by atoms with van der Waals surface area (Å²) < 4.78 is 2.44. The van der Waals surface area contributed by atoms with Crippen molar-refractivity contribution in [2.45, 2.75) is 15.2 Å². The third kappa shape index (κ3) is 4.61. The zero-order valence-electron chi connectivity index (χ0n) is 32.6. The number of fused-ring (bicyclic) bond motifs is 12. The molecule has 1 unspecified atom stereocenters. The number of hydrogen-bond acceptors (Lipinski definition) is 2. The summed E-state index contributed by atoms with van der Waals surface area (Å²) in [5.74, 6) is 0. The average molecular weight is 781 g/mol. The highest BCUT2D eigenvalue weighted by atomic mass is 32.2. The molecule has 60 heavy (non-hydrogen) atoms. The van der Waals surface area contributed by atoms with Crippen molar-refractivity contribution in [3.8, 4) is 16.8 Å². The van der Waals surface area contributed by atoms with E-state index in [-0.39, 0.29) is 0 Å². The maximum absolute atomic E-state index is 2.44. The second kappa shape index (κ2) is 12.8. The standard InChI is InChI=1S/C57H36N2S/c1-2-19-39(20-3-1)58(40-32-34-53-46(35-40)44-23-7-10-28-52(44)59(53)51-29-14-16-37-15-4-5-21-42(37)51)41-31-33-49-55(36-41)60-54-30-11-9-26-48(54)57(49)47-25-8-6-22-43(47)45-24-12-17-38-18-13-27-50(57)56(38)45/h1-36H. The van der Waals surface area contributed by atoms with Crippen molar-refractivity contribution >= 4 is 72.2 Å². The number of rotatable bonds is 4. The quantitative estimate of drug-likeness (QED) is 0.176. The smallest absolute Gasteiger partial charge is 0.0735 e.